The summed E-state index contributed by atoms with van der Waals surface area (Å²) >= 11 is 0. The first-order valence-corrected chi connectivity index (χ1v) is 4.47. The average Bonchev–Trinajstić information content (AvgIpc) is 2.45. The maximum atomic E-state index is 9.75. The minimum absolute atomic E-state index is 1.02. The summed E-state index contributed by atoms with van der Waals surface area (Å²) in [6.45, 7) is 3.17. The third-order valence-corrected chi connectivity index (χ3v) is 1.31. The van der Waals surface area contributed by atoms with Crippen LogP contribution in [-0.4, -0.2) is 18.5 Å². The van der Waals surface area contributed by atoms with Crippen molar-refractivity contribution in [2.45, 2.75) is 13.3 Å². The van der Waals surface area contributed by atoms with Crippen LogP contribution in [0.2, 0.25) is 0 Å². The molecule has 1 aromatic heterocycles. The number of hydrogen-bond acceptors (Lipinski definition) is 1. The molecule has 3 nitrogen and oxygen atoms in total. The van der Waals surface area contributed by atoms with Crippen molar-refractivity contribution >= 4 is 7.25 Å². The zero-order valence-electron chi connectivity index (χ0n) is 8.63. The molecule has 0 amide bonds. The lowest BCUT2D eigenvalue weighted by Crippen LogP contribution is -2.25. The maximum Gasteiger partial charge on any atom is 0.673 e. The van der Waals surface area contributed by atoms with Crippen LogP contribution in [0.3, 0.4) is 0 Å². The monoisotopic (exact) mass is 227 g/mol. The third kappa shape index (κ3) is 10.7. The Labute approximate surface area is 85.8 Å². The number of rotatable bonds is 3. The van der Waals surface area contributed by atoms with Crippen molar-refractivity contribution in [2.24, 2.45) is 7.05 Å². The zero-order chi connectivity index (χ0) is 11.9. The second-order valence-electron chi connectivity index (χ2n) is 2.89. The molecule has 0 aromatic carbocycles. The summed E-state index contributed by atoms with van der Waals surface area (Å²) in [5.74, 6) is 0. The van der Waals surface area contributed by atoms with Crippen molar-refractivity contribution in [1.29, 1.82) is 0 Å². The Bertz CT molecular complexity index is 267. The summed E-state index contributed by atoms with van der Waals surface area (Å²) < 4.78 is 43.0. The Morgan fingerprint density at radius 2 is 1.87 bits per heavy atom. The highest BCUT2D eigenvalue weighted by Gasteiger charge is 2.20. The van der Waals surface area contributed by atoms with Crippen LogP contribution in [0, 0.1) is 0 Å². The van der Waals surface area contributed by atoms with Gasteiger partial charge in [0.1, 0.15) is 6.20 Å². The Morgan fingerprint density at radius 3 is 2.20 bits per heavy atom. The lowest BCUT2D eigenvalue weighted by molar-refractivity contribution is -0.670. The highest BCUT2D eigenvalue weighted by molar-refractivity contribution is 6.50. The van der Waals surface area contributed by atoms with Gasteiger partial charge in [-0.05, 0) is 6.42 Å². The van der Waals surface area contributed by atoms with Gasteiger partial charge < -0.3 is 17.3 Å². The Balaban J connectivity index is 0.000000336. The number of aromatic nitrogens is 2. The van der Waals surface area contributed by atoms with Gasteiger partial charge in [0.05, 0.1) is 13.6 Å². The molecule has 0 aliphatic carbocycles. The normalized spacial score (nSPS) is 10.5. The van der Waals surface area contributed by atoms with Crippen molar-refractivity contribution in [3.8, 4) is 0 Å². The molecule has 0 fully saturated rings. The fourth-order valence-corrected chi connectivity index (χ4v) is 0.785. The Morgan fingerprint density at radius 1 is 1.33 bits per heavy atom. The third-order valence-electron chi connectivity index (χ3n) is 1.31. The highest BCUT2D eigenvalue weighted by Crippen LogP contribution is 2.06. The quantitative estimate of drug-likeness (QED) is 0.472. The van der Waals surface area contributed by atoms with E-state index in [0.29, 0.717) is 0 Å². The lowest BCUT2D eigenvalue weighted by Gasteiger charge is -1.95. The van der Waals surface area contributed by atoms with Crippen LogP contribution in [0.4, 0.5) is 17.3 Å². The van der Waals surface area contributed by atoms with Crippen molar-refractivity contribution in [3.05, 3.63) is 18.7 Å². The maximum absolute atomic E-state index is 9.75. The summed E-state index contributed by atoms with van der Waals surface area (Å²) in [7, 11) is -4.00. The molecule has 0 saturated carbocycles. The van der Waals surface area contributed by atoms with Crippen molar-refractivity contribution < 1.29 is 21.8 Å². The molecule has 0 bridgehead atoms. The topological polar surface area (TPSA) is 20.8 Å². The molecule has 0 spiro atoms. The fraction of sp³-hybridized carbons (Fsp3) is 0.571. The molecule has 1 heterocycles. The molecule has 1 aromatic rings. The van der Waals surface area contributed by atoms with E-state index >= 15 is 0 Å². The lowest BCUT2D eigenvalue weighted by atomic mass is 10.3. The second kappa shape index (κ2) is 6.31. The fourth-order valence-electron chi connectivity index (χ4n) is 0.785. The number of imidazole rings is 1. The van der Waals surface area contributed by atoms with Crippen LogP contribution < -0.4 is 9.99 Å². The average molecular weight is 227 g/mol. The summed E-state index contributed by atoms with van der Waals surface area (Å²) in [6, 6.07) is 0. The minimum Gasteiger partial charge on any atom is -0.418 e. The molecule has 1 N–H and O–H groups in total. The van der Waals surface area contributed by atoms with Gasteiger partial charge in [0, 0.05) is 0 Å². The summed E-state index contributed by atoms with van der Waals surface area (Å²) in [4.78, 5) is 0. The van der Waals surface area contributed by atoms with Gasteiger partial charge in [0.2, 0.25) is 0 Å². The van der Waals surface area contributed by atoms with E-state index in [2.05, 4.69) is 12.3 Å². The molecule has 0 saturated heterocycles. The molecular formula is C7H14BF4N3. The first-order chi connectivity index (χ1) is 6.83. The SMILES string of the molecule is CCCNn1cc[n+](C)c1.F[B-](F)(F)F. The Kier molecular flexibility index (Phi) is 5.80. The molecule has 1 rings (SSSR count). The van der Waals surface area contributed by atoms with Crippen LogP contribution >= 0.6 is 0 Å². The van der Waals surface area contributed by atoms with E-state index in [1.54, 1.807) is 0 Å². The smallest absolute Gasteiger partial charge is 0.418 e. The van der Waals surface area contributed by atoms with Crippen LogP contribution in [0.5, 0.6) is 0 Å². The standard InChI is InChI=1S/C7H14N3.BF4/c1-3-4-8-10-6-5-9(2)7-10;2-1(3,4)5/h5-8H,3-4H2,1-2H3;/q+1;-1. The van der Waals surface area contributed by atoms with Gasteiger partial charge in [-0.15, -0.1) is 4.68 Å². The number of hydrogen-bond donors (Lipinski definition) is 1. The minimum atomic E-state index is -6.00. The number of aryl methyl sites for hydroxylation is 1. The molecule has 0 aliphatic heterocycles. The van der Waals surface area contributed by atoms with Gasteiger partial charge in [0.25, 0.3) is 6.33 Å². The van der Waals surface area contributed by atoms with E-state index < -0.39 is 7.25 Å². The Hall–Kier alpha value is -1.21. The highest BCUT2D eigenvalue weighted by atomic mass is 19.5. The van der Waals surface area contributed by atoms with E-state index in [0.717, 1.165) is 13.0 Å². The largest absolute Gasteiger partial charge is 0.673 e. The van der Waals surface area contributed by atoms with Gasteiger partial charge in [0.15, 0.2) is 6.20 Å². The van der Waals surface area contributed by atoms with Crippen molar-refractivity contribution in [2.75, 3.05) is 12.0 Å². The molecule has 88 valence electrons. The van der Waals surface area contributed by atoms with Crippen LogP contribution in [-0.2, 0) is 7.05 Å². The van der Waals surface area contributed by atoms with Crippen LogP contribution in [0.15, 0.2) is 18.7 Å². The van der Waals surface area contributed by atoms with Crippen LogP contribution in [0.1, 0.15) is 13.3 Å². The van der Waals surface area contributed by atoms with Gasteiger partial charge in [-0.1, -0.05) is 6.92 Å². The van der Waals surface area contributed by atoms with E-state index in [1.165, 1.54) is 0 Å². The molecule has 0 radical (unpaired) electrons. The predicted molar refractivity (Wildman–Crippen MR) is 50.3 cm³/mol. The van der Waals surface area contributed by atoms with E-state index in [9.17, 15) is 17.3 Å². The first-order valence-electron chi connectivity index (χ1n) is 4.47. The predicted octanol–water partition coefficient (Wildman–Crippen LogP) is 1.57. The molecule has 0 unspecified atom stereocenters. The molecule has 8 heteroatoms. The molecule has 0 aliphatic rings. The molecule has 0 atom stereocenters. The number of nitrogens with zero attached hydrogens (tertiary/aromatic N) is 2. The summed E-state index contributed by atoms with van der Waals surface area (Å²) in [5.41, 5.74) is 3.21. The van der Waals surface area contributed by atoms with Gasteiger partial charge >= 0.3 is 7.25 Å². The van der Waals surface area contributed by atoms with E-state index in [-0.39, 0.29) is 0 Å². The van der Waals surface area contributed by atoms with E-state index in [1.807, 2.05) is 35.0 Å². The second-order valence-corrected chi connectivity index (χ2v) is 2.89. The van der Waals surface area contributed by atoms with E-state index in [4.69, 9.17) is 0 Å². The number of halogens is 4. The van der Waals surface area contributed by atoms with Crippen molar-refractivity contribution in [1.82, 2.24) is 4.68 Å². The summed E-state index contributed by atoms with van der Waals surface area (Å²) in [5, 5.41) is 0. The van der Waals surface area contributed by atoms with Crippen molar-refractivity contribution in [3.63, 3.8) is 0 Å². The zero-order valence-corrected chi connectivity index (χ0v) is 8.63. The van der Waals surface area contributed by atoms with Gasteiger partial charge in [-0.2, -0.15) is 0 Å². The van der Waals surface area contributed by atoms with Crippen LogP contribution in [0.25, 0.3) is 0 Å². The summed E-state index contributed by atoms with van der Waals surface area (Å²) in [6.07, 6.45) is 7.15. The first kappa shape index (κ1) is 13.8. The van der Waals surface area contributed by atoms with Gasteiger partial charge in [-0.3, -0.25) is 5.43 Å². The van der Waals surface area contributed by atoms with Gasteiger partial charge in [-0.25, -0.2) is 4.57 Å². The molecule has 15 heavy (non-hydrogen) atoms. The molecular weight excluding hydrogens is 213 g/mol. The number of nitrogens with one attached hydrogen (secondary N) is 1.